The summed E-state index contributed by atoms with van der Waals surface area (Å²) in [6.07, 6.45) is 1.57. The molecule has 0 radical (unpaired) electrons. The molecule has 1 heterocycles. The first-order chi connectivity index (χ1) is 10.3. The van der Waals surface area contributed by atoms with Gasteiger partial charge in [-0.2, -0.15) is 0 Å². The van der Waals surface area contributed by atoms with Crippen molar-refractivity contribution in [2.75, 3.05) is 18.4 Å². The number of benzene rings is 1. The van der Waals surface area contributed by atoms with Crippen LogP contribution >= 0.6 is 0 Å². The number of amides is 2. The summed E-state index contributed by atoms with van der Waals surface area (Å²) >= 11 is 0. The van der Waals surface area contributed by atoms with Gasteiger partial charge in [0, 0.05) is 24.7 Å². The summed E-state index contributed by atoms with van der Waals surface area (Å²) in [6, 6.07) is 7.89. The normalized spacial score (nSPS) is 20.6. The Morgan fingerprint density at radius 2 is 2.05 bits per heavy atom. The highest BCUT2D eigenvalue weighted by Crippen LogP contribution is 2.29. The van der Waals surface area contributed by atoms with Gasteiger partial charge in [-0.3, -0.25) is 0 Å². The van der Waals surface area contributed by atoms with Gasteiger partial charge in [0.1, 0.15) is 0 Å². The highest BCUT2D eigenvalue weighted by molar-refractivity contribution is 5.90. The van der Waals surface area contributed by atoms with Crippen LogP contribution in [-0.4, -0.2) is 35.2 Å². The molecule has 1 aromatic rings. The van der Waals surface area contributed by atoms with Gasteiger partial charge in [0.15, 0.2) is 0 Å². The molecule has 2 unspecified atom stereocenters. The number of hydrogen-bond acceptors (Lipinski definition) is 2. The Labute approximate surface area is 133 Å². The summed E-state index contributed by atoms with van der Waals surface area (Å²) < 4.78 is 0. The molecule has 1 aromatic carbocycles. The maximum absolute atomic E-state index is 12.5. The fourth-order valence-corrected chi connectivity index (χ4v) is 3.03. The first-order valence-electron chi connectivity index (χ1n) is 8.12. The number of aliphatic hydroxyl groups is 1. The number of nitrogens with one attached hydrogen (secondary N) is 1. The third-order valence-electron chi connectivity index (χ3n) is 4.40. The van der Waals surface area contributed by atoms with E-state index < -0.39 is 0 Å². The Morgan fingerprint density at radius 3 is 2.68 bits per heavy atom. The van der Waals surface area contributed by atoms with Crippen molar-refractivity contribution in [3.8, 4) is 0 Å². The molecule has 0 bridgehead atoms. The molecule has 0 saturated carbocycles. The van der Waals surface area contributed by atoms with Crippen molar-refractivity contribution < 1.29 is 9.90 Å². The SMILES string of the molecule is CC(O)C1CCCN(C(=O)Nc2ccccc2C(C)(C)C)C1. The minimum atomic E-state index is -0.363. The molecule has 2 N–H and O–H groups in total. The zero-order chi connectivity index (χ0) is 16.3. The molecule has 0 aromatic heterocycles. The van der Waals surface area contributed by atoms with Crippen molar-refractivity contribution in [1.29, 1.82) is 0 Å². The number of rotatable bonds is 2. The van der Waals surface area contributed by atoms with E-state index in [2.05, 4.69) is 32.2 Å². The van der Waals surface area contributed by atoms with Gasteiger partial charge >= 0.3 is 6.03 Å². The summed E-state index contributed by atoms with van der Waals surface area (Å²) in [5.41, 5.74) is 1.99. The second kappa shape index (κ2) is 6.69. The molecule has 1 aliphatic rings. The van der Waals surface area contributed by atoms with E-state index in [1.54, 1.807) is 6.92 Å². The lowest BCUT2D eigenvalue weighted by Gasteiger charge is -2.34. The zero-order valence-corrected chi connectivity index (χ0v) is 14.1. The second-order valence-corrected chi connectivity index (χ2v) is 7.31. The van der Waals surface area contributed by atoms with Crippen molar-refractivity contribution in [2.45, 2.75) is 52.1 Å². The predicted molar refractivity (Wildman–Crippen MR) is 90.1 cm³/mol. The Morgan fingerprint density at radius 1 is 1.36 bits per heavy atom. The van der Waals surface area contributed by atoms with E-state index >= 15 is 0 Å². The highest BCUT2D eigenvalue weighted by Gasteiger charge is 2.27. The lowest BCUT2D eigenvalue weighted by Crippen LogP contribution is -2.45. The number of likely N-dealkylation sites (tertiary alicyclic amines) is 1. The second-order valence-electron chi connectivity index (χ2n) is 7.31. The van der Waals surface area contributed by atoms with Crippen LogP contribution in [0.15, 0.2) is 24.3 Å². The van der Waals surface area contributed by atoms with Crippen LogP contribution in [0.25, 0.3) is 0 Å². The molecule has 1 fully saturated rings. The number of carbonyl (C=O) groups excluding carboxylic acids is 1. The quantitative estimate of drug-likeness (QED) is 0.877. The van der Waals surface area contributed by atoms with E-state index in [0.29, 0.717) is 6.54 Å². The maximum atomic E-state index is 12.5. The van der Waals surface area contributed by atoms with E-state index in [-0.39, 0.29) is 23.5 Å². The number of para-hydroxylation sites is 1. The maximum Gasteiger partial charge on any atom is 0.321 e. The van der Waals surface area contributed by atoms with E-state index in [0.717, 1.165) is 30.6 Å². The Bertz CT molecular complexity index is 520. The molecule has 4 nitrogen and oxygen atoms in total. The number of urea groups is 1. The van der Waals surface area contributed by atoms with Gasteiger partial charge in [-0.05, 0) is 36.8 Å². The van der Waals surface area contributed by atoms with Crippen molar-refractivity contribution in [1.82, 2.24) is 4.90 Å². The van der Waals surface area contributed by atoms with Crippen LogP contribution in [0, 0.1) is 5.92 Å². The van der Waals surface area contributed by atoms with E-state index in [9.17, 15) is 9.90 Å². The van der Waals surface area contributed by atoms with Gasteiger partial charge < -0.3 is 15.3 Å². The predicted octanol–water partition coefficient (Wildman–Crippen LogP) is 3.61. The van der Waals surface area contributed by atoms with Gasteiger partial charge in [0.2, 0.25) is 0 Å². The summed E-state index contributed by atoms with van der Waals surface area (Å²) in [7, 11) is 0. The van der Waals surface area contributed by atoms with Crippen LogP contribution in [0.4, 0.5) is 10.5 Å². The topological polar surface area (TPSA) is 52.6 Å². The molecule has 1 saturated heterocycles. The summed E-state index contributed by atoms with van der Waals surface area (Å²) in [4.78, 5) is 14.4. The number of nitrogens with zero attached hydrogens (tertiary/aromatic N) is 1. The molecule has 122 valence electrons. The van der Waals surface area contributed by atoms with Crippen molar-refractivity contribution in [2.24, 2.45) is 5.92 Å². The molecular formula is C18H28N2O2. The van der Waals surface area contributed by atoms with Gasteiger partial charge in [0.05, 0.1) is 6.10 Å². The number of hydrogen-bond donors (Lipinski definition) is 2. The largest absolute Gasteiger partial charge is 0.393 e. The number of aliphatic hydroxyl groups excluding tert-OH is 1. The van der Waals surface area contributed by atoms with Gasteiger partial charge in [-0.25, -0.2) is 4.79 Å². The van der Waals surface area contributed by atoms with Crippen LogP contribution in [0.5, 0.6) is 0 Å². The smallest absolute Gasteiger partial charge is 0.321 e. The summed E-state index contributed by atoms with van der Waals surface area (Å²) in [6.45, 7) is 9.61. The lowest BCUT2D eigenvalue weighted by molar-refractivity contribution is 0.0766. The Hall–Kier alpha value is -1.55. The Balaban J connectivity index is 2.09. The number of piperidine rings is 1. The standard InChI is InChI=1S/C18H28N2O2/c1-13(21)14-8-7-11-20(12-14)17(22)19-16-10-6-5-9-15(16)18(2,3)4/h5-6,9-10,13-14,21H,7-8,11-12H2,1-4H3,(H,19,22). The molecular weight excluding hydrogens is 276 g/mol. The van der Waals surface area contributed by atoms with Crippen molar-refractivity contribution >= 4 is 11.7 Å². The molecule has 2 rings (SSSR count). The fourth-order valence-electron chi connectivity index (χ4n) is 3.03. The molecule has 2 amide bonds. The molecule has 2 atom stereocenters. The van der Waals surface area contributed by atoms with Crippen molar-refractivity contribution in [3.05, 3.63) is 29.8 Å². The summed E-state index contributed by atoms with van der Waals surface area (Å²) in [5, 5.41) is 12.8. The van der Waals surface area contributed by atoms with Crippen LogP contribution in [0.1, 0.15) is 46.1 Å². The average Bonchev–Trinajstić information content (AvgIpc) is 2.46. The van der Waals surface area contributed by atoms with E-state index in [4.69, 9.17) is 0 Å². The third-order valence-corrected chi connectivity index (χ3v) is 4.40. The molecule has 0 spiro atoms. The Kier molecular flexibility index (Phi) is 5.12. The number of anilines is 1. The molecule has 0 aliphatic carbocycles. The fraction of sp³-hybridized carbons (Fsp3) is 0.611. The minimum Gasteiger partial charge on any atom is -0.393 e. The van der Waals surface area contributed by atoms with Crippen LogP contribution in [0.2, 0.25) is 0 Å². The number of carbonyl (C=O) groups is 1. The molecule has 1 aliphatic heterocycles. The first kappa shape index (κ1) is 16.8. The molecule has 22 heavy (non-hydrogen) atoms. The minimum absolute atomic E-state index is 0.0199. The van der Waals surface area contributed by atoms with Crippen LogP contribution in [0.3, 0.4) is 0 Å². The lowest BCUT2D eigenvalue weighted by atomic mass is 9.86. The monoisotopic (exact) mass is 304 g/mol. The first-order valence-corrected chi connectivity index (χ1v) is 8.12. The van der Waals surface area contributed by atoms with E-state index in [1.807, 2.05) is 23.1 Å². The van der Waals surface area contributed by atoms with Crippen LogP contribution < -0.4 is 5.32 Å². The molecule has 4 heteroatoms. The third kappa shape index (κ3) is 4.01. The van der Waals surface area contributed by atoms with Gasteiger partial charge in [-0.1, -0.05) is 39.0 Å². The van der Waals surface area contributed by atoms with Crippen LogP contribution in [-0.2, 0) is 5.41 Å². The summed E-state index contributed by atoms with van der Waals surface area (Å²) in [5.74, 6) is 0.178. The average molecular weight is 304 g/mol. The van der Waals surface area contributed by atoms with Gasteiger partial charge in [0.25, 0.3) is 0 Å². The zero-order valence-electron chi connectivity index (χ0n) is 14.1. The highest BCUT2D eigenvalue weighted by atomic mass is 16.3. The van der Waals surface area contributed by atoms with Crippen molar-refractivity contribution in [3.63, 3.8) is 0 Å². The van der Waals surface area contributed by atoms with Gasteiger partial charge in [-0.15, -0.1) is 0 Å². The van der Waals surface area contributed by atoms with E-state index in [1.165, 1.54) is 0 Å².